The van der Waals surface area contributed by atoms with Gasteiger partial charge in [0, 0.05) is 37.1 Å². The fraction of sp³-hybridized carbons (Fsp3) is 0.647. The lowest BCUT2D eigenvalue weighted by atomic mass is 10.0. The van der Waals surface area contributed by atoms with Gasteiger partial charge in [0.25, 0.3) is 0 Å². The number of hydrogen-bond acceptors (Lipinski definition) is 5. The molecule has 4 heterocycles. The maximum Gasteiger partial charge on any atom is 0.227 e. The van der Waals surface area contributed by atoms with Gasteiger partial charge in [-0.15, -0.1) is 5.10 Å². The van der Waals surface area contributed by atoms with E-state index in [9.17, 15) is 4.79 Å². The largest absolute Gasteiger partial charge is 0.339 e. The van der Waals surface area contributed by atoms with Crippen LogP contribution in [0, 0.1) is 0 Å². The van der Waals surface area contributed by atoms with Crippen molar-refractivity contribution in [1.82, 2.24) is 34.6 Å². The van der Waals surface area contributed by atoms with Gasteiger partial charge in [0.15, 0.2) is 0 Å². The highest BCUT2D eigenvalue weighted by Crippen LogP contribution is 2.26. The Kier molecular flexibility index (Phi) is 4.29. The van der Waals surface area contributed by atoms with E-state index in [1.165, 1.54) is 18.5 Å². The SMILES string of the molecule is CN(C)[C@@H]1CN(C(=O)Cc2cnn3c2CCCC3)C[C@@H]1n1ccnn1. The number of hydrogen-bond donors (Lipinski definition) is 0. The predicted octanol–water partition coefficient (Wildman–Crippen LogP) is 0.367. The highest BCUT2D eigenvalue weighted by atomic mass is 16.2. The maximum absolute atomic E-state index is 12.9. The molecule has 2 aliphatic heterocycles. The van der Waals surface area contributed by atoms with Crippen molar-refractivity contribution >= 4 is 5.91 Å². The minimum atomic E-state index is 0.141. The topological polar surface area (TPSA) is 72.1 Å². The molecule has 0 aromatic carbocycles. The summed E-state index contributed by atoms with van der Waals surface area (Å²) in [5, 5.41) is 12.5. The van der Waals surface area contributed by atoms with E-state index in [1.807, 2.05) is 22.0 Å². The second-order valence-electron chi connectivity index (χ2n) is 7.25. The van der Waals surface area contributed by atoms with Crippen LogP contribution in [0.5, 0.6) is 0 Å². The molecule has 0 aliphatic carbocycles. The van der Waals surface area contributed by atoms with Crippen LogP contribution in [-0.4, -0.2) is 73.7 Å². The molecule has 8 heteroatoms. The molecule has 0 bridgehead atoms. The number of fused-ring (bicyclic) bond motifs is 1. The summed E-state index contributed by atoms with van der Waals surface area (Å²) in [4.78, 5) is 17.0. The van der Waals surface area contributed by atoms with Crippen LogP contribution >= 0.6 is 0 Å². The average molecular weight is 343 g/mol. The Morgan fingerprint density at radius 2 is 2.20 bits per heavy atom. The number of aryl methyl sites for hydroxylation is 1. The third kappa shape index (κ3) is 3.06. The van der Waals surface area contributed by atoms with Crippen molar-refractivity contribution in [3.8, 4) is 0 Å². The van der Waals surface area contributed by atoms with Crippen LogP contribution in [0.4, 0.5) is 0 Å². The zero-order chi connectivity index (χ0) is 17.4. The van der Waals surface area contributed by atoms with Crippen LogP contribution in [0.25, 0.3) is 0 Å². The molecule has 0 unspecified atom stereocenters. The summed E-state index contributed by atoms with van der Waals surface area (Å²) in [6.45, 7) is 2.37. The van der Waals surface area contributed by atoms with Gasteiger partial charge in [0.2, 0.25) is 5.91 Å². The molecule has 0 N–H and O–H groups in total. The molecular weight excluding hydrogens is 318 g/mol. The number of carbonyl (C=O) groups is 1. The molecule has 4 rings (SSSR count). The molecule has 0 saturated carbocycles. The van der Waals surface area contributed by atoms with Gasteiger partial charge >= 0.3 is 0 Å². The van der Waals surface area contributed by atoms with E-state index in [2.05, 4.69) is 39.1 Å². The van der Waals surface area contributed by atoms with Crippen molar-refractivity contribution < 1.29 is 4.79 Å². The summed E-state index contributed by atoms with van der Waals surface area (Å²) in [5.41, 5.74) is 2.34. The third-order valence-corrected chi connectivity index (χ3v) is 5.47. The smallest absolute Gasteiger partial charge is 0.227 e. The molecule has 1 saturated heterocycles. The summed E-state index contributed by atoms with van der Waals surface area (Å²) in [7, 11) is 4.10. The van der Waals surface area contributed by atoms with E-state index in [-0.39, 0.29) is 18.0 Å². The first-order valence-electron chi connectivity index (χ1n) is 8.97. The fourth-order valence-electron chi connectivity index (χ4n) is 4.04. The van der Waals surface area contributed by atoms with E-state index < -0.39 is 0 Å². The Morgan fingerprint density at radius 3 is 2.96 bits per heavy atom. The first-order valence-corrected chi connectivity index (χ1v) is 8.97. The van der Waals surface area contributed by atoms with Crippen LogP contribution in [0.3, 0.4) is 0 Å². The van der Waals surface area contributed by atoms with E-state index in [1.54, 1.807) is 6.20 Å². The van der Waals surface area contributed by atoms with Crippen LogP contribution in [0.2, 0.25) is 0 Å². The fourth-order valence-corrected chi connectivity index (χ4v) is 4.04. The summed E-state index contributed by atoms with van der Waals surface area (Å²) < 4.78 is 3.94. The lowest BCUT2D eigenvalue weighted by Crippen LogP contribution is -2.37. The zero-order valence-electron chi connectivity index (χ0n) is 14.9. The monoisotopic (exact) mass is 343 g/mol. The number of rotatable bonds is 4. The molecule has 2 aliphatic rings. The Labute approximate surface area is 147 Å². The Hall–Kier alpha value is -2.22. The molecule has 1 amide bonds. The molecule has 2 atom stereocenters. The van der Waals surface area contributed by atoms with Gasteiger partial charge in [0.1, 0.15) is 0 Å². The van der Waals surface area contributed by atoms with Gasteiger partial charge in [-0.05, 0) is 33.4 Å². The van der Waals surface area contributed by atoms with E-state index in [4.69, 9.17) is 0 Å². The third-order valence-electron chi connectivity index (χ3n) is 5.47. The number of likely N-dealkylation sites (N-methyl/N-ethyl adjacent to an activating group) is 1. The first-order chi connectivity index (χ1) is 12.1. The molecule has 8 nitrogen and oxygen atoms in total. The summed E-state index contributed by atoms with van der Waals surface area (Å²) in [6.07, 6.45) is 9.29. The van der Waals surface area contributed by atoms with Crippen molar-refractivity contribution in [1.29, 1.82) is 0 Å². The Morgan fingerprint density at radius 1 is 1.32 bits per heavy atom. The van der Waals surface area contributed by atoms with E-state index in [0.717, 1.165) is 25.1 Å². The Bertz CT molecular complexity index is 736. The van der Waals surface area contributed by atoms with Crippen LogP contribution in [-0.2, 0) is 24.2 Å². The lowest BCUT2D eigenvalue weighted by molar-refractivity contribution is -0.129. The molecule has 1 fully saturated rings. The Balaban J connectivity index is 1.48. The zero-order valence-corrected chi connectivity index (χ0v) is 14.9. The van der Waals surface area contributed by atoms with Crippen LogP contribution in [0.1, 0.15) is 30.1 Å². The van der Waals surface area contributed by atoms with Crippen molar-refractivity contribution in [2.24, 2.45) is 0 Å². The quantitative estimate of drug-likeness (QED) is 0.802. The molecular formula is C17H25N7O. The van der Waals surface area contributed by atoms with Gasteiger partial charge in [-0.3, -0.25) is 9.48 Å². The second-order valence-corrected chi connectivity index (χ2v) is 7.25. The predicted molar refractivity (Wildman–Crippen MR) is 92.0 cm³/mol. The first kappa shape index (κ1) is 16.3. The number of amides is 1. The molecule has 0 spiro atoms. The molecule has 134 valence electrons. The standard InChI is InChI=1S/C17H25N7O/c1-21(2)15-11-22(12-16(15)24-8-6-18-20-24)17(25)9-13-10-19-23-7-4-3-5-14(13)23/h6,8,10,15-16H,3-5,7,9,11-12H2,1-2H3/t15-,16+/m1/s1. The summed E-state index contributed by atoms with van der Waals surface area (Å²) >= 11 is 0. The lowest BCUT2D eigenvalue weighted by Gasteiger charge is -2.24. The van der Waals surface area contributed by atoms with Gasteiger partial charge in [0.05, 0.1) is 30.9 Å². The molecule has 0 radical (unpaired) electrons. The molecule has 2 aromatic rings. The van der Waals surface area contributed by atoms with Gasteiger partial charge in [-0.1, -0.05) is 5.21 Å². The van der Waals surface area contributed by atoms with Crippen LogP contribution in [0.15, 0.2) is 18.6 Å². The number of nitrogens with zero attached hydrogens (tertiary/aromatic N) is 7. The van der Waals surface area contributed by atoms with Gasteiger partial charge in [-0.2, -0.15) is 5.10 Å². The summed E-state index contributed by atoms with van der Waals surface area (Å²) in [5.74, 6) is 0.177. The molecule has 25 heavy (non-hydrogen) atoms. The van der Waals surface area contributed by atoms with Crippen molar-refractivity contribution in [2.75, 3.05) is 27.2 Å². The summed E-state index contributed by atoms with van der Waals surface area (Å²) in [6, 6.07) is 0.384. The minimum absolute atomic E-state index is 0.141. The van der Waals surface area contributed by atoms with E-state index >= 15 is 0 Å². The highest BCUT2D eigenvalue weighted by Gasteiger charge is 2.38. The number of carbonyl (C=O) groups excluding carboxylic acids is 1. The van der Waals surface area contributed by atoms with Crippen molar-refractivity contribution in [2.45, 2.75) is 44.3 Å². The normalized spacial score (nSPS) is 23.2. The van der Waals surface area contributed by atoms with Crippen molar-refractivity contribution in [3.05, 3.63) is 29.8 Å². The average Bonchev–Trinajstić information content (AvgIpc) is 3.34. The molecule has 2 aromatic heterocycles. The van der Waals surface area contributed by atoms with Crippen LogP contribution < -0.4 is 0 Å². The van der Waals surface area contributed by atoms with Gasteiger partial charge in [-0.25, -0.2) is 4.68 Å². The van der Waals surface area contributed by atoms with E-state index in [0.29, 0.717) is 13.0 Å². The highest BCUT2D eigenvalue weighted by molar-refractivity contribution is 5.79. The van der Waals surface area contributed by atoms with Gasteiger partial charge < -0.3 is 9.80 Å². The number of likely N-dealkylation sites (tertiary alicyclic amines) is 1. The maximum atomic E-state index is 12.9. The van der Waals surface area contributed by atoms with Crippen molar-refractivity contribution in [3.63, 3.8) is 0 Å². The number of aromatic nitrogens is 5. The second kappa shape index (κ2) is 6.59. The minimum Gasteiger partial charge on any atom is -0.339 e.